The van der Waals surface area contributed by atoms with Crippen LogP contribution in [0.15, 0.2) is 47.3 Å². The molecule has 0 radical (unpaired) electrons. The van der Waals surface area contributed by atoms with Crippen LogP contribution in [0.5, 0.6) is 5.75 Å². The Morgan fingerprint density at radius 2 is 1.82 bits per heavy atom. The van der Waals surface area contributed by atoms with Gasteiger partial charge in [-0.1, -0.05) is 13.8 Å². The minimum absolute atomic E-state index is 0.00972. The molecule has 2 aromatic carbocycles. The number of phenolic OH excluding ortho intramolecular Hbond substituents is 1. The molecule has 0 unspecified atom stereocenters. The maximum absolute atomic E-state index is 13.1. The van der Waals surface area contributed by atoms with E-state index in [1.165, 1.54) is 28.8 Å². The summed E-state index contributed by atoms with van der Waals surface area (Å²) < 4.78 is 14.6. The number of aromatic nitrogens is 2. The van der Waals surface area contributed by atoms with Crippen molar-refractivity contribution in [3.05, 3.63) is 64.5 Å². The molecule has 0 aliphatic heterocycles. The van der Waals surface area contributed by atoms with E-state index in [2.05, 4.69) is 4.98 Å². The normalized spacial score (nSPS) is 11.3. The summed E-state index contributed by atoms with van der Waals surface area (Å²) in [5.74, 6) is 0.259. The fourth-order valence-corrected chi connectivity index (χ4v) is 2.42. The van der Waals surface area contributed by atoms with Crippen LogP contribution in [0.1, 0.15) is 25.6 Å². The molecule has 3 rings (SSSR count). The Hall–Kier alpha value is -2.69. The van der Waals surface area contributed by atoms with Crippen LogP contribution < -0.4 is 5.56 Å². The fraction of sp³-hybridized carbons (Fsp3) is 0.176. The van der Waals surface area contributed by atoms with Crippen molar-refractivity contribution in [2.45, 2.75) is 19.8 Å². The molecule has 4 nitrogen and oxygen atoms in total. The summed E-state index contributed by atoms with van der Waals surface area (Å²) in [6.45, 7) is 3.85. The SMILES string of the molecule is CC(C)c1nc2cc(O)ccc2c(=O)n1-c1ccc(F)cc1. The number of rotatable bonds is 2. The van der Waals surface area contributed by atoms with E-state index in [1.807, 2.05) is 13.8 Å². The third kappa shape index (κ3) is 2.35. The monoisotopic (exact) mass is 298 g/mol. The van der Waals surface area contributed by atoms with E-state index in [9.17, 15) is 14.3 Å². The number of halogens is 1. The molecule has 0 fully saturated rings. The van der Waals surface area contributed by atoms with E-state index >= 15 is 0 Å². The summed E-state index contributed by atoms with van der Waals surface area (Å²) in [4.78, 5) is 17.3. The maximum atomic E-state index is 13.1. The topological polar surface area (TPSA) is 55.1 Å². The predicted molar refractivity (Wildman–Crippen MR) is 83.1 cm³/mol. The van der Waals surface area contributed by atoms with Crippen LogP contribution in [-0.4, -0.2) is 14.7 Å². The molecule has 5 heteroatoms. The molecule has 1 aromatic heterocycles. The Kier molecular flexibility index (Phi) is 3.41. The molecule has 0 atom stereocenters. The molecule has 0 amide bonds. The quantitative estimate of drug-likeness (QED) is 0.789. The van der Waals surface area contributed by atoms with Crippen LogP contribution in [0.3, 0.4) is 0 Å². The van der Waals surface area contributed by atoms with Crippen LogP contribution in [0.4, 0.5) is 4.39 Å². The van der Waals surface area contributed by atoms with Gasteiger partial charge in [0.1, 0.15) is 17.4 Å². The first-order valence-corrected chi connectivity index (χ1v) is 6.99. The number of fused-ring (bicyclic) bond motifs is 1. The first-order valence-electron chi connectivity index (χ1n) is 6.99. The van der Waals surface area contributed by atoms with E-state index in [0.717, 1.165) is 0 Å². The van der Waals surface area contributed by atoms with Gasteiger partial charge in [0.15, 0.2) is 0 Å². The Morgan fingerprint density at radius 3 is 2.45 bits per heavy atom. The highest BCUT2D eigenvalue weighted by molar-refractivity contribution is 5.79. The highest BCUT2D eigenvalue weighted by atomic mass is 19.1. The Balaban J connectivity index is 2.39. The number of nitrogens with zero attached hydrogens (tertiary/aromatic N) is 2. The van der Waals surface area contributed by atoms with E-state index in [4.69, 9.17) is 0 Å². The average Bonchev–Trinajstić information content (AvgIpc) is 2.48. The second-order valence-corrected chi connectivity index (χ2v) is 5.44. The Labute approximate surface area is 126 Å². The molecule has 112 valence electrons. The Bertz CT molecular complexity index is 899. The van der Waals surface area contributed by atoms with Crippen molar-refractivity contribution in [2.75, 3.05) is 0 Å². The zero-order valence-corrected chi connectivity index (χ0v) is 12.2. The smallest absolute Gasteiger partial charge is 0.265 e. The van der Waals surface area contributed by atoms with Crippen LogP contribution >= 0.6 is 0 Å². The summed E-state index contributed by atoms with van der Waals surface area (Å²) >= 11 is 0. The minimum atomic E-state index is -0.360. The molecule has 0 aliphatic carbocycles. The lowest BCUT2D eigenvalue weighted by Crippen LogP contribution is -2.24. The maximum Gasteiger partial charge on any atom is 0.265 e. The highest BCUT2D eigenvalue weighted by Crippen LogP contribution is 2.21. The highest BCUT2D eigenvalue weighted by Gasteiger charge is 2.15. The summed E-state index contributed by atoms with van der Waals surface area (Å²) in [6.07, 6.45) is 0. The third-order valence-electron chi connectivity index (χ3n) is 3.48. The average molecular weight is 298 g/mol. The van der Waals surface area contributed by atoms with Crippen molar-refractivity contribution in [2.24, 2.45) is 0 Å². The van der Waals surface area contributed by atoms with E-state index < -0.39 is 0 Å². The van der Waals surface area contributed by atoms with Crippen molar-refractivity contribution in [3.8, 4) is 11.4 Å². The van der Waals surface area contributed by atoms with Gasteiger partial charge >= 0.3 is 0 Å². The van der Waals surface area contributed by atoms with E-state index in [-0.39, 0.29) is 23.0 Å². The van der Waals surface area contributed by atoms with Gasteiger partial charge in [0.2, 0.25) is 0 Å². The van der Waals surface area contributed by atoms with Crippen molar-refractivity contribution in [1.29, 1.82) is 0 Å². The van der Waals surface area contributed by atoms with Gasteiger partial charge in [-0.3, -0.25) is 9.36 Å². The number of hydrogen-bond acceptors (Lipinski definition) is 3. The minimum Gasteiger partial charge on any atom is -0.508 e. The van der Waals surface area contributed by atoms with E-state index in [0.29, 0.717) is 22.4 Å². The number of benzene rings is 2. The zero-order valence-electron chi connectivity index (χ0n) is 12.2. The number of hydrogen-bond donors (Lipinski definition) is 1. The fourth-order valence-electron chi connectivity index (χ4n) is 2.42. The summed E-state index contributed by atoms with van der Waals surface area (Å²) in [5.41, 5.74) is 0.782. The molecule has 0 saturated carbocycles. The van der Waals surface area contributed by atoms with Crippen LogP contribution in [-0.2, 0) is 0 Å². The molecule has 0 bridgehead atoms. The van der Waals surface area contributed by atoms with Gasteiger partial charge in [-0.2, -0.15) is 0 Å². The lowest BCUT2D eigenvalue weighted by atomic mass is 10.1. The van der Waals surface area contributed by atoms with Crippen LogP contribution in [0.2, 0.25) is 0 Å². The molecule has 0 aliphatic rings. The molecule has 0 saturated heterocycles. The molecule has 3 aromatic rings. The van der Waals surface area contributed by atoms with Gasteiger partial charge in [0, 0.05) is 12.0 Å². The lowest BCUT2D eigenvalue weighted by molar-refractivity contribution is 0.476. The summed E-state index contributed by atoms with van der Waals surface area (Å²) in [6, 6.07) is 10.2. The van der Waals surface area contributed by atoms with Crippen LogP contribution in [0.25, 0.3) is 16.6 Å². The Morgan fingerprint density at radius 1 is 1.14 bits per heavy atom. The second-order valence-electron chi connectivity index (χ2n) is 5.44. The number of aromatic hydroxyl groups is 1. The van der Waals surface area contributed by atoms with Gasteiger partial charge in [0.25, 0.3) is 5.56 Å². The molecule has 1 N–H and O–H groups in total. The van der Waals surface area contributed by atoms with Crippen molar-refractivity contribution in [3.63, 3.8) is 0 Å². The molecular formula is C17H15FN2O2. The largest absolute Gasteiger partial charge is 0.508 e. The standard InChI is InChI=1S/C17H15FN2O2/c1-10(2)16-19-15-9-13(21)7-8-14(15)17(22)20(16)12-5-3-11(18)4-6-12/h3-10,21H,1-2H3. The lowest BCUT2D eigenvalue weighted by Gasteiger charge is -2.16. The third-order valence-corrected chi connectivity index (χ3v) is 3.48. The van der Waals surface area contributed by atoms with Crippen molar-refractivity contribution in [1.82, 2.24) is 9.55 Å². The first-order chi connectivity index (χ1) is 10.5. The van der Waals surface area contributed by atoms with Crippen molar-refractivity contribution < 1.29 is 9.50 Å². The van der Waals surface area contributed by atoms with Gasteiger partial charge in [-0.05, 0) is 36.4 Å². The summed E-state index contributed by atoms with van der Waals surface area (Å²) in [7, 11) is 0. The summed E-state index contributed by atoms with van der Waals surface area (Å²) in [5, 5.41) is 9.99. The van der Waals surface area contributed by atoms with Gasteiger partial charge in [0.05, 0.1) is 16.6 Å². The van der Waals surface area contributed by atoms with Gasteiger partial charge in [-0.25, -0.2) is 9.37 Å². The first kappa shape index (κ1) is 14.3. The van der Waals surface area contributed by atoms with Crippen molar-refractivity contribution >= 4 is 10.9 Å². The molecular weight excluding hydrogens is 283 g/mol. The van der Waals surface area contributed by atoms with E-state index in [1.54, 1.807) is 18.2 Å². The zero-order chi connectivity index (χ0) is 15.9. The second kappa shape index (κ2) is 5.26. The predicted octanol–water partition coefficient (Wildman–Crippen LogP) is 3.35. The molecule has 1 heterocycles. The number of phenols is 1. The van der Waals surface area contributed by atoms with Gasteiger partial charge in [-0.15, -0.1) is 0 Å². The molecule has 0 spiro atoms. The van der Waals surface area contributed by atoms with Gasteiger partial charge < -0.3 is 5.11 Å². The molecule has 22 heavy (non-hydrogen) atoms. The van der Waals surface area contributed by atoms with Crippen LogP contribution in [0, 0.1) is 5.82 Å².